The van der Waals surface area contributed by atoms with E-state index in [0.717, 1.165) is 12.1 Å². The largest absolute Gasteiger partial charge is 0.480 e. The molecule has 140 valence electrons. The first-order chi connectivity index (χ1) is 12.5. The van der Waals surface area contributed by atoms with Gasteiger partial charge in [-0.15, -0.1) is 0 Å². The van der Waals surface area contributed by atoms with E-state index in [1.807, 2.05) is 0 Å². The molecule has 2 aliphatic rings. The molecule has 2 saturated heterocycles. The van der Waals surface area contributed by atoms with Crippen LogP contribution in [0.15, 0.2) is 24.3 Å². The van der Waals surface area contributed by atoms with Gasteiger partial charge < -0.3 is 24.8 Å². The van der Waals surface area contributed by atoms with Gasteiger partial charge in [0.2, 0.25) is 5.91 Å². The molecule has 26 heavy (non-hydrogen) atoms. The first kappa shape index (κ1) is 18.3. The van der Waals surface area contributed by atoms with Crippen LogP contribution < -0.4 is 10.2 Å². The molecular weight excluding hydrogens is 340 g/mol. The Bertz CT molecular complexity index is 675. The zero-order chi connectivity index (χ0) is 18.5. The number of hydrogen-bond acceptors (Lipinski definition) is 5. The van der Waals surface area contributed by atoms with Crippen molar-refractivity contribution in [3.8, 4) is 0 Å². The Kier molecular flexibility index (Phi) is 5.85. The lowest BCUT2D eigenvalue weighted by molar-refractivity contribution is -0.147. The predicted molar refractivity (Wildman–Crippen MR) is 92.1 cm³/mol. The number of carbonyl (C=O) groups is 3. The van der Waals surface area contributed by atoms with Crippen molar-refractivity contribution in [2.24, 2.45) is 0 Å². The van der Waals surface area contributed by atoms with Crippen molar-refractivity contribution >= 4 is 23.5 Å². The van der Waals surface area contributed by atoms with Crippen LogP contribution in [0.5, 0.6) is 0 Å². The first-order valence-corrected chi connectivity index (χ1v) is 8.67. The monoisotopic (exact) mass is 362 g/mol. The summed E-state index contributed by atoms with van der Waals surface area (Å²) >= 11 is 0. The zero-order valence-corrected chi connectivity index (χ0v) is 14.3. The van der Waals surface area contributed by atoms with Crippen molar-refractivity contribution in [2.45, 2.75) is 31.4 Å². The summed E-state index contributed by atoms with van der Waals surface area (Å²) in [6, 6.07) is 6.46. The molecule has 0 aliphatic carbocycles. The van der Waals surface area contributed by atoms with Crippen LogP contribution in [0.25, 0.3) is 0 Å². The van der Waals surface area contributed by atoms with Crippen LogP contribution in [0.1, 0.15) is 29.6 Å². The third-order valence-corrected chi connectivity index (χ3v) is 4.54. The lowest BCUT2D eigenvalue weighted by atomic mass is 10.1. The number of carboxylic acids is 1. The molecule has 8 heteroatoms. The molecule has 0 unspecified atom stereocenters. The number of hydrogen-bond donors (Lipinski definition) is 2. The van der Waals surface area contributed by atoms with E-state index in [1.54, 1.807) is 29.2 Å². The van der Waals surface area contributed by atoms with E-state index in [9.17, 15) is 14.4 Å². The highest BCUT2D eigenvalue weighted by Gasteiger charge is 2.29. The molecule has 0 radical (unpaired) electrons. The molecule has 0 aromatic heterocycles. The number of benzene rings is 1. The van der Waals surface area contributed by atoms with Gasteiger partial charge in [-0.1, -0.05) is 0 Å². The number of ether oxygens (including phenoxy) is 2. The van der Waals surface area contributed by atoms with E-state index in [4.69, 9.17) is 14.6 Å². The summed E-state index contributed by atoms with van der Waals surface area (Å²) in [4.78, 5) is 36.7. The standard InChI is InChI=1S/C18H22N2O6/c21-16-2-1-8-20(16)13-5-3-12(4-6-13)18(24)19-14-10-25-9-7-15(14)26-11-17(22)23/h3-6,14-15H,1-2,7-11H2,(H,19,24)(H,22,23)/t14-,15+/m1/s1. The highest BCUT2D eigenvalue weighted by atomic mass is 16.5. The highest BCUT2D eigenvalue weighted by molar-refractivity contribution is 5.97. The second-order valence-corrected chi connectivity index (χ2v) is 6.38. The quantitative estimate of drug-likeness (QED) is 0.776. The van der Waals surface area contributed by atoms with Gasteiger partial charge in [-0.3, -0.25) is 9.59 Å². The molecular formula is C18H22N2O6. The fourth-order valence-corrected chi connectivity index (χ4v) is 3.20. The zero-order valence-electron chi connectivity index (χ0n) is 14.3. The highest BCUT2D eigenvalue weighted by Crippen LogP contribution is 2.22. The van der Waals surface area contributed by atoms with Crippen LogP contribution in [0, 0.1) is 0 Å². The molecule has 3 rings (SSSR count). The van der Waals surface area contributed by atoms with Gasteiger partial charge in [0.15, 0.2) is 0 Å². The second kappa shape index (κ2) is 8.29. The molecule has 2 heterocycles. The van der Waals surface area contributed by atoms with E-state index < -0.39 is 24.7 Å². The van der Waals surface area contributed by atoms with Crippen molar-refractivity contribution in [1.29, 1.82) is 0 Å². The fraction of sp³-hybridized carbons (Fsp3) is 0.500. The Morgan fingerprint density at radius 3 is 2.73 bits per heavy atom. The topological polar surface area (TPSA) is 105 Å². The van der Waals surface area contributed by atoms with Crippen LogP contribution in [0.3, 0.4) is 0 Å². The third kappa shape index (κ3) is 4.39. The van der Waals surface area contributed by atoms with Crippen molar-refractivity contribution in [1.82, 2.24) is 5.32 Å². The number of carboxylic acid groups (broad SMARTS) is 1. The SMILES string of the molecule is O=C(O)CO[C@H]1CCOC[C@H]1NC(=O)c1ccc(N2CCCC2=O)cc1. The van der Waals surface area contributed by atoms with Crippen molar-refractivity contribution in [3.63, 3.8) is 0 Å². The van der Waals surface area contributed by atoms with Crippen LogP contribution in [0.2, 0.25) is 0 Å². The van der Waals surface area contributed by atoms with Gasteiger partial charge >= 0.3 is 5.97 Å². The molecule has 0 saturated carbocycles. The van der Waals surface area contributed by atoms with Gasteiger partial charge in [0.1, 0.15) is 6.61 Å². The van der Waals surface area contributed by atoms with Gasteiger partial charge in [-0.05, 0) is 37.1 Å². The van der Waals surface area contributed by atoms with E-state index in [0.29, 0.717) is 31.6 Å². The number of nitrogens with zero attached hydrogens (tertiary/aromatic N) is 1. The summed E-state index contributed by atoms with van der Waals surface area (Å²) in [6.45, 7) is 1.04. The number of amides is 2. The number of rotatable bonds is 6. The van der Waals surface area contributed by atoms with Crippen molar-refractivity contribution in [2.75, 3.05) is 31.3 Å². The minimum Gasteiger partial charge on any atom is -0.480 e. The average Bonchev–Trinajstić information content (AvgIpc) is 3.07. The molecule has 2 aliphatic heterocycles. The number of aliphatic carboxylic acids is 1. The van der Waals surface area contributed by atoms with E-state index in [2.05, 4.69) is 5.32 Å². The lowest BCUT2D eigenvalue weighted by Gasteiger charge is -2.31. The molecule has 8 nitrogen and oxygen atoms in total. The van der Waals surface area contributed by atoms with Crippen LogP contribution in [0.4, 0.5) is 5.69 Å². The summed E-state index contributed by atoms with van der Waals surface area (Å²) < 4.78 is 10.7. The maximum atomic E-state index is 12.5. The summed E-state index contributed by atoms with van der Waals surface area (Å²) in [5.41, 5.74) is 1.25. The molecule has 0 spiro atoms. The van der Waals surface area contributed by atoms with Gasteiger partial charge in [0.05, 0.1) is 18.8 Å². The van der Waals surface area contributed by atoms with Crippen LogP contribution in [-0.4, -0.2) is 61.4 Å². The Hall–Kier alpha value is -2.45. The van der Waals surface area contributed by atoms with Gasteiger partial charge in [-0.2, -0.15) is 0 Å². The Morgan fingerprint density at radius 1 is 1.31 bits per heavy atom. The number of nitrogens with one attached hydrogen (secondary N) is 1. The summed E-state index contributed by atoms with van der Waals surface area (Å²) in [5, 5.41) is 11.6. The Morgan fingerprint density at radius 2 is 2.08 bits per heavy atom. The number of anilines is 1. The van der Waals surface area contributed by atoms with Crippen molar-refractivity contribution in [3.05, 3.63) is 29.8 Å². The molecule has 1 aromatic rings. The Labute approximate surface area is 151 Å². The second-order valence-electron chi connectivity index (χ2n) is 6.38. The maximum absolute atomic E-state index is 12.5. The van der Waals surface area contributed by atoms with E-state index >= 15 is 0 Å². The molecule has 0 bridgehead atoms. The average molecular weight is 362 g/mol. The fourth-order valence-electron chi connectivity index (χ4n) is 3.20. The molecule has 2 atom stereocenters. The van der Waals surface area contributed by atoms with Crippen LogP contribution in [-0.2, 0) is 19.1 Å². The minimum absolute atomic E-state index is 0.0972. The van der Waals surface area contributed by atoms with Crippen LogP contribution >= 0.6 is 0 Å². The maximum Gasteiger partial charge on any atom is 0.329 e. The Balaban J connectivity index is 1.61. The van der Waals surface area contributed by atoms with E-state index in [-0.39, 0.29) is 18.4 Å². The third-order valence-electron chi connectivity index (χ3n) is 4.54. The van der Waals surface area contributed by atoms with E-state index in [1.165, 1.54) is 0 Å². The predicted octanol–water partition coefficient (Wildman–Crippen LogP) is 0.802. The first-order valence-electron chi connectivity index (χ1n) is 8.67. The number of carbonyl (C=O) groups excluding carboxylic acids is 2. The summed E-state index contributed by atoms with van der Waals surface area (Å²) in [6.07, 6.45) is 1.53. The smallest absolute Gasteiger partial charge is 0.329 e. The lowest BCUT2D eigenvalue weighted by Crippen LogP contribution is -2.51. The molecule has 2 N–H and O–H groups in total. The van der Waals surface area contributed by atoms with Gasteiger partial charge in [-0.25, -0.2) is 4.79 Å². The van der Waals surface area contributed by atoms with Gasteiger partial charge in [0.25, 0.3) is 5.91 Å². The van der Waals surface area contributed by atoms with Gasteiger partial charge in [0, 0.05) is 30.8 Å². The molecule has 1 aromatic carbocycles. The summed E-state index contributed by atoms with van der Waals surface area (Å²) in [5.74, 6) is -1.24. The van der Waals surface area contributed by atoms with Crippen molar-refractivity contribution < 1.29 is 29.0 Å². The molecule has 2 fully saturated rings. The minimum atomic E-state index is -1.05. The normalized spacial score (nSPS) is 23.1. The molecule has 2 amide bonds. The summed E-state index contributed by atoms with van der Waals surface area (Å²) in [7, 11) is 0.